The fourth-order valence-corrected chi connectivity index (χ4v) is 5.19. The number of halogens is 1. The van der Waals surface area contributed by atoms with E-state index in [2.05, 4.69) is 48.7 Å². The maximum absolute atomic E-state index is 13.3. The Morgan fingerprint density at radius 3 is 2.84 bits per heavy atom. The molecule has 1 saturated heterocycles. The first kappa shape index (κ1) is 26.6. The number of allylic oxidation sites excluding steroid dienone is 4. The maximum atomic E-state index is 13.3. The van der Waals surface area contributed by atoms with Crippen LogP contribution in [0.2, 0.25) is 0 Å². The molecule has 0 radical (unpaired) electrons. The number of rotatable bonds is 13. The summed E-state index contributed by atoms with van der Waals surface area (Å²) in [6.07, 6.45) is 9.32. The molecule has 0 N–H and O–H groups in total. The van der Waals surface area contributed by atoms with Gasteiger partial charge in [0.05, 0.1) is 30.7 Å². The number of alkyl halides is 1. The first-order valence-corrected chi connectivity index (χ1v) is 12.7. The largest absolute Gasteiger partial charge is 0.377 e. The third-order valence-corrected chi connectivity index (χ3v) is 7.32. The summed E-state index contributed by atoms with van der Waals surface area (Å²) in [6, 6.07) is 0. The van der Waals surface area contributed by atoms with Crippen LogP contribution in [0.5, 0.6) is 0 Å². The minimum Gasteiger partial charge on any atom is -0.377 e. The van der Waals surface area contributed by atoms with Gasteiger partial charge in [-0.25, -0.2) is 4.39 Å². The Kier molecular flexibility index (Phi) is 11.5. The van der Waals surface area contributed by atoms with Crippen LogP contribution in [0.15, 0.2) is 57.5 Å². The molecule has 2 rings (SSSR count). The molecule has 2 heterocycles. The monoisotopic (exact) mass is 461 g/mol. The standard InChI is InChI=1S/C26H40FN3OS/c1-7-13-31-18-21-15-24-22(23(28-6)12-10-11-20(5)27)16-29-26(30(24)17-21)25(19(4)9-3)32-14-8-2/h7-8,10,12,14,19-21,25H,1,9,11,13,15-18H2,2-6H3/b12-10-,14-8-,28-23+. The van der Waals surface area contributed by atoms with E-state index in [1.807, 2.05) is 23.9 Å². The lowest BCUT2D eigenvalue weighted by molar-refractivity contribution is 0.127. The zero-order valence-corrected chi connectivity index (χ0v) is 21.2. The fraction of sp³-hybridized carbons (Fsp3) is 0.615. The molecule has 0 aromatic heterocycles. The van der Waals surface area contributed by atoms with Crippen LogP contribution in [0.1, 0.15) is 47.0 Å². The van der Waals surface area contributed by atoms with Gasteiger partial charge in [0, 0.05) is 30.8 Å². The molecule has 6 heteroatoms. The van der Waals surface area contributed by atoms with Crippen LogP contribution in [0.4, 0.5) is 4.39 Å². The van der Waals surface area contributed by atoms with E-state index in [0.717, 1.165) is 30.7 Å². The molecule has 0 spiro atoms. The topological polar surface area (TPSA) is 37.2 Å². The molecule has 178 valence electrons. The summed E-state index contributed by atoms with van der Waals surface area (Å²) < 4.78 is 19.1. The minimum atomic E-state index is -0.854. The molecule has 4 atom stereocenters. The Hall–Kier alpha value is -1.66. The van der Waals surface area contributed by atoms with Crippen LogP contribution >= 0.6 is 11.8 Å². The van der Waals surface area contributed by atoms with Crippen molar-refractivity contribution in [3.05, 3.63) is 47.6 Å². The van der Waals surface area contributed by atoms with Crippen molar-refractivity contribution >= 4 is 23.3 Å². The molecular formula is C26H40FN3OS. The van der Waals surface area contributed by atoms with E-state index in [-0.39, 0.29) is 0 Å². The average Bonchev–Trinajstić information content (AvgIpc) is 3.21. The molecule has 1 fully saturated rings. The number of ether oxygens (including phenoxy) is 1. The van der Waals surface area contributed by atoms with Gasteiger partial charge in [0.15, 0.2) is 0 Å². The van der Waals surface area contributed by atoms with E-state index in [1.54, 1.807) is 20.0 Å². The Morgan fingerprint density at radius 1 is 1.44 bits per heavy atom. The van der Waals surface area contributed by atoms with Crippen LogP contribution in [0.3, 0.4) is 0 Å². The molecule has 0 amide bonds. The van der Waals surface area contributed by atoms with E-state index in [0.29, 0.717) is 43.3 Å². The van der Waals surface area contributed by atoms with Crippen molar-refractivity contribution in [2.45, 2.75) is 58.4 Å². The molecule has 4 nitrogen and oxygen atoms in total. The van der Waals surface area contributed by atoms with E-state index >= 15 is 0 Å². The normalized spacial score (nSPS) is 22.4. The third kappa shape index (κ3) is 7.17. The van der Waals surface area contributed by atoms with Gasteiger partial charge in [0.1, 0.15) is 12.0 Å². The molecule has 0 bridgehead atoms. The number of fused-ring (bicyclic) bond motifs is 1. The van der Waals surface area contributed by atoms with Crippen molar-refractivity contribution in [1.82, 2.24) is 4.90 Å². The smallest absolute Gasteiger partial charge is 0.117 e. The Labute approximate surface area is 198 Å². The molecule has 0 saturated carbocycles. The molecule has 2 aliphatic heterocycles. The van der Waals surface area contributed by atoms with Gasteiger partial charge in [-0.3, -0.25) is 9.98 Å². The second-order valence-corrected chi connectivity index (χ2v) is 9.60. The Morgan fingerprint density at radius 2 is 2.22 bits per heavy atom. The van der Waals surface area contributed by atoms with Gasteiger partial charge >= 0.3 is 0 Å². The number of aliphatic imine (C=N–C) groups is 2. The summed E-state index contributed by atoms with van der Waals surface area (Å²) in [6.45, 7) is 14.7. The zero-order chi connectivity index (χ0) is 23.5. The van der Waals surface area contributed by atoms with Gasteiger partial charge in [-0.1, -0.05) is 38.5 Å². The van der Waals surface area contributed by atoms with Crippen molar-refractivity contribution in [2.24, 2.45) is 21.8 Å². The first-order valence-electron chi connectivity index (χ1n) is 11.7. The van der Waals surface area contributed by atoms with Gasteiger partial charge in [-0.2, -0.15) is 0 Å². The van der Waals surface area contributed by atoms with Crippen molar-refractivity contribution < 1.29 is 9.13 Å². The van der Waals surface area contributed by atoms with Crippen LogP contribution < -0.4 is 0 Å². The highest BCUT2D eigenvalue weighted by molar-refractivity contribution is 8.03. The van der Waals surface area contributed by atoms with Gasteiger partial charge in [-0.15, -0.1) is 18.3 Å². The van der Waals surface area contributed by atoms with E-state index < -0.39 is 6.17 Å². The second-order valence-electron chi connectivity index (χ2n) is 8.55. The predicted molar refractivity (Wildman–Crippen MR) is 138 cm³/mol. The van der Waals surface area contributed by atoms with Crippen LogP contribution in [0.25, 0.3) is 0 Å². The summed E-state index contributed by atoms with van der Waals surface area (Å²) in [5.41, 5.74) is 3.36. The molecule has 0 aliphatic carbocycles. The van der Waals surface area contributed by atoms with Gasteiger partial charge in [0.25, 0.3) is 0 Å². The van der Waals surface area contributed by atoms with Crippen molar-refractivity contribution in [1.29, 1.82) is 0 Å². The number of hydrogen-bond acceptors (Lipinski definition) is 5. The fourth-order valence-electron chi connectivity index (χ4n) is 4.08. The van der Waals surface area contributed by atoms with E-state index in [4.69, 9.17) is 9.73 Å². The van der Waals surface area contributed by atoms with Crippen molar-refractivity contribution in [3.63, 3.8) is 0 Å². The highest BCUT2D eigenvalue weighted by atomic mass is 32.2. The number of nitrogens with zero attached hydrogens (tertiary/aromatic N) is 3. The van der Waals surface area contributed by atoms with Crippen molar-refractivity contribution in [2.75, 3.05) is 33.4 Å². The second kappa shape index (κ2) is 13.8. The van der Waals surface area contributed by atoms with Gasteiger partial charge in [-0.05, 0) is 44.1 Å². The lowest BCUT2D eigenvalue weighted by atomic mass is 9.99. The molecule has 0 aromatic rings. The lowest BCUT2D eigenvalue weighted by Crippen LogP contribution is -2.42. The summed E-state index contributed by atoms with van der Waals surface area (Å²) in [5, 5.41) is 2.49. The molecule has 2 aliphatic rings. The number of hydrogen-bond donors (Lipinski definition) is 0. The van der Waals surface area contributed by atoms with Crippen LogP contribution in [-0.2, 0) is 4.74 Å². The van der Waals surface area contributed by atoms with Gasteiger partial charge in [0.2, 0.25) is 0 Å². The first-order chi connectivity index (χ1) is 15.5. The highest BCUT2D eigenvalue weighted by Gasteiger charge is 2.38. The number of amidine groups is 1. The van der Waals surface area contributed by atoms with Crippen molar-refractivity contribution in [3.8, 4) is 0 Å². The Balaban J connectivity index is 2.37. The lowest BCUT2D eigenvalue weighted by Gasteiger charge is -2.35. The summed E-state index contributed by atoms with van der Waals surface area (Å²) in [7, 11) is 1.80. The third-order valence-electron chi connectivity index (χ3n) is 5.93. The predicted octanol–water partition coefficient (Wildman–Crippen LogP) is 6.23. The summed E-state index contributed by atoms with van der Waals surface area (Å²) >= 11 is 1.86. The Bertz CT molecular complexity index is 769. The molecule has 0 aromatic carbocycles. The quantitative estimate of drug-likeness (QED) is 0.185. The van der Waals surface area contributed by atoms with Crippen LogP contribution in [0, 0.1) is 11.8 Å². The van der Waals surface area contributed by atoms with Gasteiger partial charge < -0.3 is 9.64 Å². The summed E-state index contributed by atoms with van der Waals surface area (Å²) in [4.78, 5) is 12.1. The zero-order valence-electron chi connectivity index (χ0n) is 20.4. The molecule has 32 heavy (non-hydrogen) atoms. The van der Waals surface area contributed by atoms with Crippen LogP contribution in [-0.4, -0.2) is 61.2 Å². The SMILES string of the molecule is C=CCOCC1CC2=C(C(/C=C\CC(C)F)=N/C)CN=C(C(S/C=C\C)C(C)CC)N2C1. The summed E-state index contributed by atoms with van der Waals surface area (Å²) in [5.74, 6) is 2.09. The van der Waals surface area contributed by atoms with E-state index in [9.17, 15) is 4.39 Å². The minimum absolute atomic E-state index is 0.311. The molecule has 4 unspecified atom stereocenters. The maximum Gasteiger partial charge on any atom is 0.117 e. The van der Waals surface area contributed by atoms with E-state index in [1.165, 1.54) is 11.5 Å². The average molecular weight is 462 g/mol. The highest BCUT2D eigenvalue weighted by Crippen LogP contribution is 2.37. The number of thioether (sulfide) groups is 1. The molecular weight excluding hydrogens is 421 g/mol.